The van der Waals surface area contributed by atoms with Crippen molar-refractivity contribution in [2.45, 2.75) is 6.18 Å². The normalized spacial score (nSPS) is 20.6. The van der Waals surface area contributed by atoms with E-state index in [1.165, 1.54) is 31.4 Å². The van der Waals surface area contributed by atoms with Crippen LogP contribution >= 0.6 is 0 Å². The summed E-state index contributed by atoms with van der Waals surface area (Å²) in [5.74, 6) is -5.42. The van der Waals surface area contributed by atoms with Gasteiger partial charge in [0.15, 0.2) is 0 Å². The number of rotatable bonds is 6. The molecule has 2 atom stereocenters. The van der Waals surface area contributed by atoms with E-state index in [1.807, 2.05) is 0 Å². The molecule has 1 aliphatic heterocycles. The molecule has 0 bridgehead atoms. The van der Waals surface area contributed by atoms with Crippen LogP contribution in [0, 0.1) is 11.8 Å². The van der Waals surface area contributed by atoms with E-state index in [0.29, 0.717) is 19.0 Å². The molecule has 2 rings (SSSR count). The summed E-state index contributed by atoms with van der Waals surface area (Å²) in [6, 6.07) is 5.91. The van der Waals surface area contributed by atoms with Crippen molar-refractivity contribution in [3.63, 3.8) is 0 Å². The van der Waals surface area contributed by atoms with Gasteiger partial charge >= 0.3 is 12.1 Å². The van der Waals surface area contributed by atoms with Crippen molar-refractivity contribution in [2.75, 3.05) is 33.4 Å². The van der Waals surface area contributed by atoms with Crippen LogP contribution in [-0.4, -0.2) is 61.5 Å². The Bertz CT molecular complexity index is 617. The van der Waals surface area contributed by atoms with Gasteiger partial charge in [-0.3, -0.25) is 9.59 Å². The van der Waals surface area contributed by atoms with Crippen LogP contribution in [0.2, 0.25) is 0 Å². The van der Waals surface area contributed by atoms with Gasteiger partial charge < -0.3 is 19.5 Å². The van der Waals surface area contributed by atoms with Gasteiger partial charge in [-0.2, -0.15) is 13.2 Å². The number of alkyl halides is 3. The quantitative estimate of drug-likeness (QED) is 0.785. The number of methoxy groups -OCH3 is 1. The molecule has 1 aromatic carbocycles. The van der Waals surface area contributed by atoms with Gasteiger partial charge in [0, 0.05) is 25.8 Å². The SMILES string of the molecule is COCCOc1ccc(C(=O)N2C[C@@H](C(F)(F)F)[C@H](C(=O)O)C2)cc1. The van der Waals surface area contributed by atoms with Gasteiger partial charge in [0.2, 0.25) is 0 Å². The van der Waals surface area contributed by atoms with E-state index in [4.69, 9.17) is 14.6 Å². The topological polar surface area (TPSA) is 76.1 Å². The number of carboxylic acid groups (broad SMARTS) is 1. The second-order valence-electron chi connectivity index (χ2n) is 5.67. The van der Waals surface area contributed by atoms with Gasteiger partial charge in [-0.15, -0.1) is 0 Å². The molecule has 1 saturated heterocycles. The number of nitrogens with zero attached hydrogens (tertiary/aromatic N) is 1. The summed E-state index contributed by atoms with van der Waals surface area (Å²) in [7, 11) is 1.53. The Balaban J connectivity index is 2.06. The molecule has 138 valence electrons. The predicted molar refractivity (Wildman–Crippen MR) is 80.4 cm³/mol. The lowest BCUT2D eigenvalue weighted by molar-refractivity contribution is -0.187. The van der Waals surface area contributed by atoms with E-state index in [-0.39, 0.29) is 5.56 Å². The van der Waals surface area contributed by atoms with Gasteiger partial charge in [0.25, 0.3) is 5.91 Å². The molecule has 6 nitrogen and oxygen atoms in total. The van der Waals surface area contributed by atoms with E-state index in [2.05, 4.69) is 0 Å². The van der Waals surface area contributed by atoms with Crippen LogP contribution in [0.3, 0.4) is 0 Å². The third-order valence-electron chi connectivity index (χ3n) is 4.00. The number of benzene rings is 1. The highest BCUT2D eigenvalue weighted by molar-refractivity contribution is 5.95. The first-order valence-electron chi connectivity index (χ1n) is 7.54. The Hall–Kier alpha value is -2.29. The number of hydrogen-bond donors (Lipinski definition) is 1. The van der Waals surface area contributed by atoms with Crippen molar-refractivity contribution in [3.8, 4) is 5.75 Å². The van der Waals surface area contributed by atoms with E-state index < -0.39 is 43.0 Å². The number of hydrogen-bond acceptors (Lipinski definition) is 4. The Morgan fingerprint density at radius 1 is 1.20 bits per heavy atom. The maximum absolute atomic E-state index is 13.0. The minimum absolute atomic E-state index is 0.172. The Morgan fingerprint density at radius 2 is 1.84 bits per heavy atom. The number of carboxylic acids is 1. The lowest BCUT2D eigenvalue weighted by atomic mass is 9.96. The average Bonchev–Trinajstić information content (AvgIpc) is 3.01. The first-order valence-corrected chi connectivity index (χ1v) is 7.54. The molecule has 0 saturated carbocycles. The van der Waals surface area contributed by atoms with Gasteiger partial charge in [-0.25, -0.2) is 0 Å². The lowest BCUT2D eigenvalue weighted by Gasteiger charge is -2.18. The summed E-state index contributed by atoms with van der Waals surface area (Å²) in [6.07, 6.45) is -4.67. The fourth-order valence-corrected chi connectivity index (χ4v) is 2.67. The molecule has 9 heteroatoms. The summed E-state index contributed by atoms with van der Waals surface area (Å²) in [5, 5.41) is 8.99. The smallest absolute Gasteiger partial charge is 0.394 e. The number of carbonyl (C=O) groups excluding carboxylic acids is 1. The third-order valence-corrected chi connectivity index (χ3v) is 4.00. The van der Waals surface area contributed by atoms with Gasteiger partial charge in [-0.05, 0) is 24.3 Å². The summed E-state index contributed by atoms with van der Waals surface area (Å²) in [5.41, 5.74) is 0.172. The highest BCUT2D eigenvalue weighted by Gasteiger charge is 2.53. The molecule has 0 aliphatic carbocycles. The zero-order chi connectivity index (χ0) is 18.6. The predicted octanol–water partition coefficient (Wildman–Crippen LogP) is 2.05. The molecular weight excluding hydrogens is 343 g/mol. The van der Waals surface area contributed by atoms with Crippen LogP contribution in [0.25, 0.3) is 0 Å². The Morgan fingerprint density at radius 3 is 2.32 bits per heavy atom. The molecule has 0 unspecified atom stereocenters. The van der Waals surface area contributed by atoms with Crippen LogP contribution < -0.4 is 4.74 Å². The molecule has 1 aliphatic rings. The molecule has 1 N–H and O–H groups in total. The molecule has 0 spiro atoms. The minimum atomic E-state index is -4.67. The number of amides is 1. The molecule has 0 radical (unpaired) electrons. The second kappa shape index (κ2) is 7.73. The highest BCUT2D eigenvalue weighted by atomic mass is 19.4. The van der Waals surface area contributed by atoms with Crippen molar-refractivity contribution in [2.24, 2.45) is 11.8 Å². The fraction of sp³-hybridized carbons (Fsp3) is 0.500. The van der Waals surface area contributed by atoms with Gasteiger partial charge in [0.1, 0.15) is 12.4 Å². The number of carbonyl (C=O) groups is 2. The Labute approximate surface area is 142 Å². The summed E-state index contributed by atoms with van der Waals surface area (Å²) in [4.78, 5) is 24.4. The van der Waals surface area contributed by atoms with Crippen LogP contribution in [-0.2, 0) is 9.53 Å². The minimum Gasteiger partial charge on any atom is -0.491 e. The monoisotopic (exact) mass is 361 g/mol. The second-order valence-corrected chi connectivity index (χ2v) is 5.67. The number of halogens is 3. The molecule has 25 heavy (non-hydrogen) atoms. The molecule has 0 aromatic heterocycles. The largest absolute Gasteiger partial charge is 0.491 e. The van der Waals surface area contributed by atoms with Gasteiger partial charge in [0.05, 0.1) is 18.4 Å². The lowest BCUT2D eigenvalue weighted by Crippen LogP contribution is -2.34. The standard InChI is InChI=1S/C16H18F3NO5/c1-24-6-7-25-11-4-2-10(3-5-11)14(21)20-8-12(15(22)23)13(9-20)16(17,18)19/h2-5,12-13H,6-9H2,1H3,(H,22,23)/t12-,13-/m1/s1. The summed E-state index contributed by atoms with van der Waals surface area (Å²) >= 11 is 0. The zero-order valence-electron chi connectivity index (χ0n) is 13.5. The van der Waals surface area contributed by atoms with Crippen molar-refractivity contribution >= 4 is 11.9 Å². The zero-order valence-corrected chi connectivity index (χ0v) is 13.5. The Kier molecular flexibility index (Phi) is 5.89. The van der Waals surface area contributed by atoms with E-state index in [9.17, 15) is 22.8 Å². The van der Waals surface area contributed by atoms with Crippen molar-refractivity contribution in [1.29, 1.82) is 0 Å². The fourth-order valence-electron chi connectivity index (χ4n) is 2.67. The molecule has 1 amide bonds. The molecular formula is C16H18F3NO5. The number of ether oxygens (including phenoxy) is 2. The van der Waals surface area contributed by atoms with E-state index in [1.54, 1.807) is 0 Å². The van der Waals surface area contributed by atoms with Crippen LogP contribution in [0.15, 0.2) is 24.3 Å². The van der Waals surface area contributed by atoms with E-state index in [0.717, 1.165) is 4.90 Å². The van der Waals surface area contributed by atoms with Crippen molar-refractivity contribution in [1.82, 2.24) is 4.90 Å². The highest BCUT2D eigenvalue weighted by Crippen LogP contribution is 2.38. The number of aliphatic carboxylic acids is 1. The molecule has 1 fully saturated rings. The summed E-state index contributed by atoms with van der Waals surface area (Å²) in [6.45, 7) is -0.414. The van der Waals surface area contributed by atoms with E-state index >= 15 is 0 Å². The van der Waals surface area contributed by atoms with Crippen LogP contribution in [0.5, 0.6) is 5.75 Å². The number of likely N-dealkylation sites (tertiary alicyclic amines) is 1. The van der Waals surface area contributed by atoms with Crippen LogP contribution in [0.4, 0.5) is 13.2 Å². The first-order chi connectivity index (χ1) is 11.7. The van der Waals surface area contributed by atoms with Crippen molar-refractivity contribution in [3.05, 3.63) is 29.8 Å². The van der Waals surface area contributed by atoms with Crippen LogP contribution in [0.1, 0.15) is 10.4 Å². The summed E-state index contributed by atoms with van der Waals surface area (Å²) < 4.78 is 49.1. The van der Waals surface area contributed by atoms with Gasteiger partial charge in [-0.1, -0.05) is 0 Å². The molecule has 1 heterocycles. The average molecular weight is 361 g/mol. The third kappa shape index (κ3) is 4.62. The molecule has 1 aromatic rings. The van der Waals surface area contributed by atoms with Crippen molar-refractivity contribution < 1.29 is 37.3 Å². The maximum Gasteiger partial charge on any atom is 0.394 e. The first kappa shape index (κ1) is 19.0. The maximum atomic E-state index is 13.0.